The third-order valence-electron chi connectivity index (χ3n) is 4.38. The zero-order valence-corrected chi connectivity index (χ0v) is 18.7. The largest absolute Gasteiger partial charge is 0.493 e. The molecule has 0 bridgehead atoms. The molecule has 0 aliphatic heterocycles. The van der Waals surface area contributed by atoms with Gasteiger partial charge in [-0.2, -0.15) is 0 Å². The average molecular weight is 450 g/mol. The minimum atomic E-state index is -0.398. The van der Waals surface area contributed by atoms with Crippen LogP contribution in [0.4, 0.5) is 5.82 Å². The highest BCUT2D eigenvalue weighted by Gasteiger charge is 2.15. The number of anilines is 1. The first-order valence-electron chi connectivity index (χ1n) is 10.3. The lowest BCUT2D eigenvalue weighted by molar-refractivity contribution is -0.123. The van der Waals surface area contributed by atoms with Crippen LogP contribution in [0, 0.1) is 0 Å². The van der Waals surface area contributed by atoms with Crippen molar-refractivity contribution in [3.8, 4) is 17.2 Å². The summed E-state index contributed by atoms with van der Waals surface area (Å²) in [6.45, 7) is 3.87. The molecule has 0 aliphatic rings. The molecule has 2 N–H and O–H groups in total. The first-order valence-corrected chi connectivity index (χ1v) is 10.3. The molecular formula is C24H26N4O5. The van der Waals surface area contributed by atoms with Crippen LogP contribution in [0.3, 0.4) is 0 Å². The van der Waals surface area contributed by atoms with Crippen LogP contribution in [0.5, 0.6) is 17.2 Å². The van der Waals surface area contributed by atoms with E-state index in [1.165, 1.54) is 13.2 Å². The van der Waals surface area contributed by atoms with Crippen LogP contribution in [-0.4, -0.2) is 41.5 Å². The zero-order valence-electron chi connectivity index (χ0n) is 18.7. The summed E-state index contributed by atoms with van der Waals surface area (Å²) in [6, 6.07) is 11.8. The number of nitrogens with one attached hydrogen (secondary N) is 2. The van der Waals surface area contributed by atoms with Crippen LogP contribution in [0.1, 0.15) is 29.8 Å². The summed E-state index contributed by atoms with van der Waals surface area (Å²) in [5.41, 5.74) is 1.27. The molecule has 0 saturated heterocycles. The van der Waals surface area contributed by atoms with Crippen LogP contribution in [0.25, 0.3) is 0 Å². The van der Waals surface area contributed by atoms with Gasteiger partial charge in [0.25, 0.3) is 11.8 Å². The second kappa shape index (κ2) is 11.5. The fraction of sp³-hybridized carbons (Fsp3) is 0.250. The summed E-state index contributed by atoms with van der Waals surface area (Å²) in [5.74, 6) is 0.766. The topological polar surface area (TPSA) is 112 Å². The number of rotatable bonds is 10. The molecule has 9 nitrogen and oxygen atoms in total. The van der Waals surface area contributed by atoms with Gasteiger partial charge in [0.2, 0.25) is 0 Å². The maximum atomic E-state index is 12.8. The third kappa shape index (κ3) is 6.93. The van der Waals surface area contributed by atoms with Crippen molar-refractivity contribution in [1.29, 1.82) is 0 Å². The molecule has 2 aromatic heterocycles. The van der Waals surface area contributed by atoms with E-state index in [0.29, 0.717) is 35.2 Å². The number of nitrogens with zero attached hydrogens (tertiary/aromatic N) is 2. The van der Waals surface area contributed by atoms with Crippen LogP contribution >= 0.6 is 0 Å². The Morgan fingerprint density at radius 1 is 0.970 bits per heavy atom. The third-order valence-corrected chi connectivity index (χ3v) is 4.38. The molecule has 0 radical (unpaired) electrons. The molecule has 2 heterocycles. The van der Waals surface area contributed by atoms with Gasteiger partial charge in [-0.25, -0.2) is 4.98 Å². The Morgan fingerprint density at radius 3 is 2.48 bits per heavy atom. The van der Waals surface area contributed by atoms with E-state index in [4.69, 9.17) is 14.2 Å². The fourth-order valence-electron chi connectivity index (χ4n) is 2.86. The molecule has 0 aliphatic carbocycles. The summed E-state index contributed by atoms with van der Waals surface area (Å²) >= 11 is 0. The number of methoxy groups -OCH3 is 1. The minimum Gasteiger partial charge on any atom is -0.493 e. The monoisotopic (exact) mass is 450 g/mol. The Balaban J connectivity index is 1.67. The van der Waals surface area contributed by atoms with Gasteiger partial charge in [0.05, 0.1) is 7.11 Å². The van der Waals surface area contributed by atoms with Gasteiger partial charge in [-0.15, -0.1) is 0 Å². The Labute approximate surface area is 192 Å². The standard InChI is InChI=1S/C24H26N4O5/c1-16(2)27-22(29)15-33-19-7-6-18(13-21(19)31-3)24(30)28-23-20(5-4-10-26-23)32-14-17-8-11-25-12-9-17/h4-13,16H,14-15H2,1-3H3,(H,27,29)(H,26,28,30). The second-order valence-corrected chi connectivity index (χ2v) is 7.32. The van der Waals surface area contributed by atoms with Gasteiger partial charge in [0.15, 0.2) is 29.7 Å². The molecule has 0 unspecified atom stereocenters. The van der Waals surface area contributed by atoms with E-state index in [0.717, 1.165) is 5.56 Å². The van der Waals surface area contributed by atoms with Gasteiger partial charge < -0.3 is 24.8 Å². The number of ether oxygens (including phenoxy) is 3. The second-order valence-electron chi connectivity index (χ2n) is 7.32. The van der Waals surface area contributed by atoms with E-state index in [1.807, 2.05) is 26.0 Å². The Hall–Kier alpha value is -4.14. The molecule has 3 rings (SSSR count). The molecular weight excluding hydrogens is 424 g/mol. The van der Waals surface area contributed by atoms with E-state index in [-0.39, 0.29) is 18.6 Å². The van der Waals surface area contributed by atoms with Gasteiger partial charge in [0.1, 0.15) is 6.61 Å². The number of aromatic nitrogens is 2. The quantitative estimate of drug-likeness (QED) is 0.488. The highest BCUT2D eigenvalue weighted by Crippen LogP contribution is 2.29. The molecule has 33 heavy (non-hydrogen) atoms. The van der Waals surface area contributed by atoms with Gasteiger partial charge in [-0.3, -0.25) is 14.6 Å². The predicted octanol–water partition coefficient (Wildman–Crippen LogP) is 3.22. The van der Waals surface area contributed by atoms with Crippen molar-refractivity contribution in [3.63, 3.8) is 0 Å². The van der Waals surface area contributed by atoms with Crippen molar-refractivity contribution in [2.24, 2.45) is 0 Å². The van der Waals surface area contributed by atoms with Gasteiger partial charge in [0, 0.05) is 30.2 Å². The van der Waals surface area contributed by atoms with E-state index in [1.54, 1.807) is 42.9 Å². The number of amides is 2. The molecule has 0 saturated carbocycles. The lowest BCUT2D eigenvalue weighted by atomic mass is 10.2. The first-order chi connectivity index (χ1) is 16.0. The molecule has 0 atom stereocenters. The summed E-state index contributed by atoms with van der Waals surface area (Å²) in [6.07, 6.45) is 4.93. The number of carbonyl (C=O) groups is 2. The van der Waals surface area contributed by atoms with Crippen LogP contribution in [0.15, 0.2) is 61.1 Å². The van der Waals surface area contributed by atoms with Gasteiger partial charge >= 0.3 is 0 Å². The highest BCUT2D eigenvalue weighted by molar-refractivity contribution is 6.04. The van der Waals surface area contributed by atoms with E-state index < -0.39 is 5.91 Å². The molecule has 0 fully saturated rings. The Kier molecular flexibility index (Phi) is 8.18. The van der Waals surface area contributed by atoms with Crippen molar-refractivity contribution in [3.05, 3.63) is 72.2 Å². The van der Waals surface area contributed by atoms with Crippen LogP contribution in [-0.2, 0) is 11.4 Å². The van der Waals surface area contributed by atoms with Crippen molar-refractivity contribution >= 4 is 17.6 Å². The fourth-order valence-corrected chi connectivity index (χ4v) is 2.86. The molecule has 1 aromatic carbocycles. The SMILES string of the molecule is COc1cc(C(=O)Nc2ncccc2OCc2ccncc2)ccc1OCC(=O)NC(C)C. The maximum absolute atomic E-state index is 12.8. The van der Waals surface area contributed by atoms with Gasteiger partial charge in [-0.1, -0.05) is 0 Å². The first kappa shape index (κ1) is 23.5. The summed E-state index contributed by atoms with van der Waals surface area (Å²) in [5, 5.41) is 5.50. The van der Waals surface area contributed by atoms with Crippen molar-refractivity contribution in [2.75, 3.05) is 19.0 Å². The number of hydrogen-bond acceptors (Lipinski definition) is 7. The minimum absolute atomic E-state index is 0.0132. The molecule has 9 heteroatoms. The van der Waals surface area contributed by atoms with Gasteiger partial charge in [-0.05, 0) is 61.9 Å². The Bertz CT molecular complexity index is 1090. The summed E-state index contributed by atoms with van der Waals surface area (Å²) in [4.78, 5) is 32.8. The summed E-state index contributed by atoms with van der Waals surface area (Å²) in [7, 11) is 1.46. The molecule has 0 spiro atoms. The number of benzene rings is 1. The van der Waals surface area contributed by atoms with Crippen molar-refractivity contribution in [2.45, 2.75) is 26.5 Å². The molecule has 172 valence electrons. The number of pyridine rings is 2. The molecule has 2 amide bonds. The lowest BCUT2D eigenvalue weighted by Crippen LogP contribution is -2.34. The van der Waals surface area contributed by atoms with E-state index in [9.17, 15) is 9.59 Å². The molecule has 3 aromatic rings. The van der Waals surface area contributed by atoms with Crippen molar-refractivity contribution < 1.29 is 23.8 Å². The number of carbonyl (C=O) groups excluding carboxylic acids is 2. The maximum Gasteiger partial charge on any atom is 0.258 e. The highest BCUT2D eigenvalue weighted by atomic mass is 16.5. The number of hydrogen-bond donors (Lipinski definition) is 2. The normalized spacial score (nSPS) is 10.4. The van der Waals surface area contributed by atoms with Crippen LogP contribution < -0.4 is 24.8 Å². The predicted molar refractivity (Wildman–Crippen MR) is 123 cm³/mol. The van der Waals surface area contributed by atoms with Crippen molar-refractivity contribution in [1.82, 2.24) is 15.3 Å². The van der Waals surface area contributed by atoms with Crippen LogP contribution in [0.2, 0.25) is 0 Å². The Morgan fingerprint density at radius 2 is 1.76 bits per heavy atom. The zero-order chi connectivity index (χ0) is 23.6. The van der Waals surface area contributed by atoms with E-state index in [2.05, 4.69) is 20.6 Å². The lowest BCUT2D eigenvalue weighted by Gasteiger charge is -2.14. The average Bonchev–Trinajstić information content (AvgIpc) is 2.82. The van der Waals surface area contributed by atoms with E-state index >= 15 is 0 Å². The summed E-state index contributed by atoms with van der Waals surface area (Å²) < 4.78 is 16.7. The smallest absolute Gasteiger partial charge is 0.258 e.